The topological polar surface area (TPSA) is 78.9 Å². The van der Waals surface area contributed by atoms with Crippen LogP contribution in [0.1, 0.15) is 34.3 Å². The molecule has 36 heavy (non-hydrogen) atoms. The maximum atomic E-state index is 12.9. The summed E-state index contributed by atoms with van der Waals surface area (Å²) in [6.45, 7) is 2.57. The first kappa shape index (κ1) is 25.1. The second-order valence-electron chi connectivity index (χ2n) is 8.73. The molecule has 1 saturated heterocycles. The number of nitrogens with zero attached hydrogens (tertiary/aromatic N) is 1. The quantitative estimate of drug-likeness (QED) is 0.452. The molecule has 2 N–H and O–H groups in total. The number of piperidine rings is 1. The van der Waals surface area contributed by atoms with Crippen molar-refractivity contribution in [2.75, 3.05) is 18.4 Å². The number of hydrogen-bond donors (Lipinski definition) is 2. The van der Waals surface area contributed by atoms with E-state index >= 15 is 0 Å². The number of amides is 2. The number of halogens is 3. The molecule has 1 aliphatic heterocycles. The monoisotopic (exact) mass is 498 g/mol. The third kappa shape index (κ3) is 5.97. The zero-order valence-electron chi connectivity index (χ0n) is 19.5. The number of phenols is 1. The van der Waals surface area contributed by atoms with Gasteiger partial charge in [0.05, 0.1) is 11.5 Å². The van der Waals surface area contributed by atoms with E-state index in [0.717, 1.165) is 12.1 Å². The lowest BCUT2D eigenvalue weighted by Crippen LogP contribution is -2.43. The molecule has 4 rings (SSSR count). The van der Waals surface area contributed by atoms with Crippen LogP contribution in [0.4, 0.5) is 18.9 Å². The summed E-state index contributed by atoms with van der Waals surface area (Å²) in [5.41, 5.74) is 0.861. The maximum Gasteiger partial charge on any atom is 0.416 e. The van der Waals surface area contributed by atoms with Gasteiger partial charge in [-0.2, -0.15) is 13.2 Å². The number of likely N-dealkylation sites (tertiary alicyclic amines) is 1. The highest BCUT2D eigenvalue weighted by Crippen LogP contribution is 2.31. The number of phenolic OH excluding ortho intramolecular Hbond substituents is 1. The van der Waals surface area contributed by atoms with Crippen molar-refractivity contribution in [3.05, 3.63) is 83.4 Å². The normalized spacial score (nSPS) is 15.9. The Morgan fingerprint density at radius 2 is 1.64 bits per heavy atom. The van der Waals surface area contributed by atoms with Crippen molar-refractivity contribution < 1.29 is 32.6 Å². The number of aryl methyl sites for hydroxylation is 1. The van der Waals surface area contributed by atoms with E-state index in [2.05, 4.69) is 5.32 Å². The highest BCUT2D eigenvalue weighted by Gasteiger charge is 2.30. The molecule has 3 aromatic carbocycles. The van der Waals surface area contributed by atoms with Crippen LogP contribution in [0.15, 0.2) is 66.7 Å². The molecule has 0 spiro atoms. The minimum absolute atomic E-state index is 0.123. The lowest BCUT2D eigenvalue weighted by atomic mass is 9.96. The molecule has 0 radical (unpaired) electrons. The molecule has 0 aromatic heterocycles. The second-order valence-corrected chi connectivity index (χ2v) is 8.73. The fraction of sp³-hybridized carbons (Fsp3) is 0.259. The van der Waals surface area contributed by atoms with Gasteiger partial charge in [-0.05, 0) is 92.1 Å². The number of carbonyl (C=O) groups is 2. The Balaban J connectivity index is 1.34. The van der Waals surface area contributed by atoms with Gasteiger partial charge in [0.1, 0.15) is 17.2 Å². The van der Waals surface area contributed by atoms with Crippen molar-refractivity contribution in [2.24, 2.45) is 5.92 Å². The van der Waals surface area contributed by atoms with Crippen LogP contribution >= 0.6 is 0 Å². The van der Waals surface area contributed by atoms with Crippen molar-refractivity contribution in [3.8, 4) is 17.2 Å². The first-order chi connectivity index (χ1) is 17.1. The molecule has 0 bridgehead atoms. The molecule has 2 amide bonds. The summed E-state index contributed by atoms with van der Waals surface area (Å²) in [7, 11) is 0. The van der Waals surface area contributed by atoms with E-state index in [1.165, 1.54) is 18.2 Å². The summed E-state index contributed by atoms with van der Waals surface area (Å²) in [5.74, 6) is 0.0373. The van der Waals surface area contributed by atoms with Crippen LogP contribution in [0.5, 0.6) is 17.2 Å². The zero-order valence-corrected chi connectivity index (χ0v) is 19.5. The molecule has 0 aliphatic carbocycles. The molecular weight excluding hydrogens is 473 g/mol. The highest BCUT2D eigenvalue weighted by molar-refractivity contribution is 5.96. The van der Waals surface area contributed by atoms with Gasteiger partial charge in [0.2, 0.25) is 5.91 Å². The second kappa shape index (κ2) is 10.3. The predicted octanol–water partition coefficient (Wildman–Crippen LogP) is 6.00. The Morgan fingerprint density at radius 1 is 1.00 bits per heavy atom. The number of ether oxygens (including phenoxy) is 1. The fourth-order valence-corrected chi connectivity index (χ4v) is 4.05. The van der Waals surface area contributed by atoms with Crippen LogP contribution in [0, 0.1) is 12.8 Å². The summed E-state index contributed by atoms with van der Waals surface area (Å²) in [4.78, 5) is 27.4. The Labute approximate surface area is 206 Å². The fourth-order valence-electron chi connectivity index (χ4n) is 4.05. The molecule has 0 saturated carbocycles. The molecule has 1 aliphatic rings. The van der Waals surface area contributed by atoms with Crippen molar-refractivity contribution >= 4 is 17.5 Å². The molecule has 1 atom stereocenters. The van der Waals surface area contributed by atoms with Crippen molar-refractivity contribution in [2.45, 2.75) is 25.9 Å². The smallest absolute Gasteiger partial charge is 0.416 e. The minimum atomic E-state index is -4.41. The summed E-state index contributed by atoms with van der Waals surface area (Å²) >= 11 is 0. The summed E-state index contributed by atoms with van der Waals surface area (Å²) in [5, 5.41) is 12.5. The van der Waals surface area contributed by atoms with E-state index in [1.54, 1.807) is 48.2 Å². The van der Waals surface area contributed by atoms with Crippen LogP contribution < -0.4 is 10.1 Å². The first-order valence-corrected chi connectivity index (χ1v) is 11.4. The van der Waals surface area contributed by atoms with Gasteiger partial charge in [0, 0.05) is 24.3 Å². The Hall–Kier alpha value is -4.01. The summed E-state index contributed by atoms with van der Waals surface area (Å²) in [6.07, 6.45) is -3.06. The lowest BCUT2D eigenvalue weighted by molar-refractivity contribution is -0.137. The van der Waals surface area contributed by atoms with Gasteiger partial charge in [-0.3, -0.25) is 9.59 Å². The number of nitrogens with one attached hydrogen (secondary N) is 1. The van der Waals surface area contributed by atoms with Crippen LogP contribution in [0.25, 0.3) is 0 Å². The Kier molecular flexibility index (Phi) is 7.19. The van der Waals surface area contributed by atoms with Crippen molar-refractivity contribution in [3.63, 3.8) is 0 Å². The SMILES string of the molecule is Cc1cc(C(=O)N2CCCC(C(=O)Nc3ccc(Oc4ccc(C(F)(F)F)cc4)cc3)C2)ccc1O. The Morgan fingerprint density at radius 3 is 2.25 bits per heavy atom. The number of carbonyl (C=O) groups excluding carboxylic acids is 2. The van der Waals surface area contributed by atoms with Gasteiger partial charge in [0.25, 0.3) is 5.91 Å². The molecule has 9 heteroatoms. The van der Waals surface area contributed by atoms with Gasteiger partial charge in [-0.1, -0.05) is 0 Å². The highest BCUT2D eigenvalue weighted by atomic mass is 19.4. The van der Waals surface area contributed by atoms with Crippen LogP contribution in [-0.2, 0) is 11.0 Å². The van der Waals surface area contributed by atoms with E-state index in [-0.39, 0.29) is 29.2 Å². The van der Waals surface area contributed by atoms with Crippen LogP contribution in [0.3, 0.4) is 0 Å². The van der Waals surface area contributed by atoms with Gasteiger partial charge < -0.3 is 20.1 Å². The predicted molar refractivity (Wildman–Crippen MR) is 128 cm³/mol. The van der Waals surface area contributed by atoms with Gasteiger partial charge in [-0.25, -0.2) is 0 Å². The molecular formula is C27H25F3N2O4. The van der Waals surface area contributed by atoms with Crippen LogP contribution in [0.2, 0.25) is 0 Å². The molecule has 6 nitrogen and oxygen atoms in total. The van der Waals surface area contributed by atoms with Crippen LogP contribution in [-0.4, -0.2) is 34.9 Å². The standard InChI is InChI=1S/C27H25F3N2O4/c1-17-15-18(4-13-24(17)33)26(35)32-14-2-3-19(16-32)25(34)31-21-7-11-23(12-8-21)36-22-9-5-20(6-10-22)27(28,29)30/h4-13,15,19,33H,2-3,14,16H2,1H3,(H,31,34). The average molecular weight is 499 g/mol. The van der Waals surface area contributed by atoms with Crippen molar-refractivity contribution in [1.82, 2.24) is 4.90 Å². The zero-order chi connectivity index (χ0) is 25.9. The largest absolute Gasteiger partial charge is 0.508 e. The van der Waals surface area contributed by atoms with E-state index in [9.17, 15) is 27.9 Å². The Bertz CT molecular complexity index is 1240. The summed E-state index contributed by atoms with van der Waals surface area (Å²) in [6, 6.07) is 15.6. The van der Waals surface area contributed by atoms with E-state index < -0.39 is 11.7 Å². The minimum Gasteiger partial charge on any atom is -0.508 e. The van der Waals surface area contributed by atoms with Gasteiger partial charge in [-0.15, -0.1) is 0 Å². The number of benzene rings is 3. The molecule has 188 valence electrons. The molecule has 1 fully saturated rings. The molecule has 3 aromatic rings. The van der Waals surface area contributed by atoms with Gasteiger partial charge in [0.15, 0.2) is 0 Å². The number of anilines is 1. The number of alkyl halides is 3. The lowest BCUT2D eigenvalue weighted by Gasteiger charge is -2.32. The maximum absolute atomic E-state index is 12.9. The van der Waals surface area contributed by atoms with Crippen molar-refractivity contribution in [1.29, 1.82) is 0 Å². The number of rotatable bonds is 5. The van der Waals surface area contributed by atoms with E-state index in [4.69, 9.17) is 4.74 Å². The van der Waals surface area contributed by atoms with Gasteiger partial charge >= 0.3 is 6.18 Å². The number of hydrogen-bond acceptors (Lipinski definition) is 4. The average Bonchev–Trinajstić information content (AvgIpc) is 2.86. The van der Waals surface area contributed by atoms with E-state index in [1.807, 2.05) is 0 Å². The summed E-state index contributed by atoms with van der Waals surface area (Å²) < 4.78 is 43.7. The molecule has 1 unspecified atom stereocenters. The third-order valence-corrected chi connectivity index (χ3v) is 6.06. The van der Waals surface area contributed by atoms with E-state index in [0.29, 0.717) is 48.5 Å². The number of aromatic hydroxyl groups is 1. The third-order valence-electron chi connectivity index (χ3n) is 6.06. The molecule has 1 heterocycles. The first-order valence-electron chi connectivity index (χ1n) is 11.4.